The smallest absolute Gasteiger partial charge is 0.129 e. The van der Waals surface area contributed by atoms with Crippen LogP contribution < -0.4 is 0 Å². The molecule has 6 heteroatoms. The monoisotopic (exact) mass is 305 g/mol. The Labute approximate surface area is 130 Å². The maximum absolute atomic E-state index is 10.2. The number of aromatic nitrogens is 2. The van der Waals surface area contributed by atoms with Crippen molar-refractivity contribution in [2.75, 3.05) is 19.7 Å². The van der Waals surface area contributed by atoms with Gasteiger partial charge in [-0.15, -0.1) is 0 Å². The molecule has 1 saturated heterocycles. The summed E-state index contributed by atoms with van der Waals surface area (Å²) in [6, 6.07) is 6.09. The van der Waals surface area contributed by atoms with E-state index in [-0.39, 0.29) is 0 Å². The zero-order valence-corrected chi connectivity index (χ0v) is 12.7. The van der Waals surface area contributed by atoms with Gasteiger partial charge in [-0.25, -0.2) is 0 Å². The van der Waals surface area contributed by atoms with E-state index in [9.17, 15) is 5.11 Å². The molecule has 1 fully saturated rings. The van der Waals surface area contributed by atoms with Crippen molar-refractivity contribution in [3.8, 4) is 0 Å². The van der Waals surface area contributed by atoms with Crippen molar-refractivity contribution in [2.45, 2.75) is 38.1 Å². The van der Waals surface area contributed by atoms with Gasteiger partial charge in [0.15, 0.2) is 0 Å². The Morgan fingerprint density at radius 1 is 1.45 bits per heavy atom. The summed E-state index contributed by atoms with van der Waals surface area (Å²) in [5.74, 6) is 0.782. The molecular formula is C16H23N3O3. The van der Waals surface area contributed by atoms with Gasteiger partial charge in [0.2, 0.25) is 0 Å². The van der Waals surface area contributed by atoms with Crippen LogP contribution in [-0.4, -0.2) is 51.6 Å². The Hall–Kier alpha value is -1.63. The van der Waals surface area contributed by atoms with Crippen molar-refractivity contribution in [1.82, 2.24) is 14.7 Å². The third-order valence-electron chi connectivity index (χ3n) is 4.04. The maximum Gasteiger partial charge on any atom is 0.129 e. The summed E-state index contributed by atoms with van der Waals surface area (Å²) in [6.45, 7) is 3.28. The zero-order valence-electron chi connectivity index (χ0n) is 12.7. The number of aliphatic hydroxyl groups excluding tert-OH is 1. The standard InChI is InChI=1S/C16H23N3O3/c20-15(12-21-13-16-5-2-9-22-16)11-18-7-1-4-14(18)10-19-8-3-6-17-19/h2-3,5-6,8-9,14-15,20H,1,4,7,10-13H2/t14-,15-/m1/s1. The highest BCUT2D eigenvalue weighted by atomic mass is 16.5. The molecule has 120 valence electrons. The van der Waals surface area contributed by atoms with Crippen molar-refractivity contribution < 1.29 is 14.3 Å². The van der Waals surface area contributed by atoms with Gasteiger partial charge in [0.25, 0.3) is 0 Å². The average Bonchev–Trinajstić information content (AvgIpc) is 3.23. The van der Waals surface area contributed by atoms with Crippen LogP contribution in [0.3, 0.4) is 0 Å². The normalized spacial score (nSPS) is 20.5. The molecule has 3 heterocycles. The molecule has 0 aliphatic carbocycles. The molecule has 6 nitrogen and oxygen atoms in total. The number of ether oxygens (including phenoxy) is 1. The third-order valence-corrected chi connectivity index (χ3v) is 4.04. The lowest BCUT2D eigenvalue weighted by atomic mass is 10.2. The Bertz CT molecular complexity index is 527. The topological polar surface area (TPSA) is 63.7 Å². The molecule has 0 spiro atoms. The zero-order chi connectivity index (χ0) is 15.2. The highest BCUT2D eigenvalue weighted by Crippen LogP contribution is 2.19. The predicted molar refractivity (Wildman–Crippen MR) is 81.2 cm³/mol. The quantitative estimate of drug-likeness (QED) is 0.801. The molecular weight excluding hydrogens is 282 g/mol. The van der Waals surface area contributed by atoms with Crippen molar-refractivity contribution in [2.24, 2.45) is 0 Å². The van der Waals surface area contributed by atoms with Gasteiger partial charge in [-0.1, -0.05) is 0 Å². The Balaban J connectivity index is 1.40. The molecule has 1 aliphatic rings. The number of hydrogen-bond donors (Lipinski definition) is 1. The summed E-state index contributed by atoms with van der Waals surface area (Å²) in [4.78, 5) is 2.34. The van der Waals surface area contributed by atoms with E-state index >= 15 is 0 Å². The van der Waals surface area contributed by atoms with E-state index in [2.05, 4.69) is 10.00 Å². The van der Waals surface area contributed by atoms with E-state index in [1.165, 1.54) is 6.42 Å². The molecule has 1 aliphatic heterocycles. The first-order chi connectivity index (χ1) is 10.8. The summed E-state index contributed by atoms with van der Waals surface area (Å²) in [7, 11) is 0. The number of rotatable bonds is 8. The van der Waals surface area contributed by atoms with Crippen molar-refractivity contribution in [1.29, 1.82) is 0 Å². The number of aliphatic hydroxyl groups is 1. The fourth-order valence-corrected chi connectivity index (χ4v) is 2.98. The lowest BCUT2D eigenvalue weighted by molar-refractivity contribution is 0.00213. The van der Waals surface area contributed by atoms with E-state index in [0.29, 0.717) is 25.8 Å². The molecule has 3 rings (SSSR count). The van der Waals surface area contributed by atoms with E-state index in [0.717, 1.165) is 25.3 Å². The summed E-state index contributed by atoms with van der Waals surface area (Å²) >= 11 is 0. The van der Waals surface area contributed by atoms with Crippen LogP contribution in [-0.2, 0) is 17.9 Å². The Morgan fingerprint density at radius 3 is 3.18 bits per heavy atom. The first kappa shape index (κ1) is 15.3. The highest BCUT2D eigenvalue weighted by Gasteiger charge is 2.26. The van der Waals surface area contributed by atoms with Crippen molar-refractivity contribution >= 4 is 0 Å². The first-order valence-electron chi connectivity index (χ1n) is 7.81. The third kappa shape index (κ3) is 4.19. The van der Waals surface area contributed by atoms with E-state index in [1.54, 1.807) is 12.5 Å². The molecule has 2 atom stereocenters. The van der Waals surface area contributed by atoms with E-state index in [1.807, 2.05) is 29.1 Å². The van der Waals surface area contributed by atoms with Gasteiger partial charge in [-0.3, -0.25) is 9.58 Å². The molecule has 0 radical (unpaired) electrons. The second kappa shape index (κ2) is 7.58. The van der Waals surface area contributed by atoms with Gasteiger partial charge in [0.1, 0.15) is 12.4 Å². The van der Waals surface area contributed by atoms with Gasteiger partial charge in [-0.2, -0.15) is 5.10 Å². The van der Waals surface area contributed by atoms with Crippen LogP contribution in [0.25, 0.3) is 0 Å². The van der Waals surface area contributed by atoms with Gasteiger partial charge in [0.05, 0.1) is 25.5 Å². The highest BCUT2D eigenvalue weighted by molar-refractivity contribution is 4.96. The number of nitrogens with zero attached hydrogens (tertiary/aromatic N) is 3. The summed E-state index contributed by atoms with van der Waals surface area (Å²) < 4.78 is 12.7. The SMILES string of the molecule is O[C@@H](COCc1ccco1)CN1CCC[C@@H]1Cn1cccn1. The van der Waals surface area contributed by atoms with Crippen LogP contribution in [0.15, 0.2) is 41.3 Å². The van der Waals surface area contributed by atoms with Crippen LogP contribution in [0.2, 0.25) is 0 Å². The van der Waals surface area contributed by atoms with Crippen LogP contribution in [0.1, 0.15) is 18.6 Å². The molecule has 0 amide bonds. The number of hydrogen-bond acceptors (Lipinski definition) is 5. The number of furan rings is 1. The van der Waals surface area contributed by atoms with Crippen molar-refractivity contribution in [3.63, 3.8) is 0 Å². The average molecular weight is 305 g/mol. The Morgan fingerprint density at radius 2 is 2.41 bits per heavy atom. The van der Waals surface area contributed by atoms with Crippen LogP contribution >= 0.6 is 0 Å². The fourth-order valence-electron chi connectivity index (χ4n) is 2.98. The Kier molecular flexibility index (Phi) is 5.26. The van der Waals surface area contributed by atoms with E-state index in [4.69, 9.17) is 9.15 Å². The number of likely N-dealkylation sites (tertiary alicyclic amines) is 1. The first-order valence-corrected chi connectivity index (χ1v) is 7.81. The van der Waals surface area contributed by atoms with Crippen LogP contribution in [0.5, 0.6) is 0 Å². The maximum atomic E-state index is 10.2. The van der Waals surface area contributed by atoms with Gasteiger partial charge >= 0.3 is 0 Å². The molecule has 22 heavy (non-hydrogen) atoms. The second-order valence-electron chi connectivity index (χ2n) is 5.77. The fraction of sp³-hybridized carbons (Fsp3) is 0.562. The van der Waals surface area contributed by atoms with E-state index < -0.39 is 6.10 Å². The predicted octanol–water partition coefficient (Wildman–Crippen LogP) is 1.52. The van der Waals surface area contributed by atoms with Gasteiger partial charge in [0, 0.05) is 25.0 Å². The molecule has 0 aromatic carbocycles. The lowest BCUT2D eigenvalue weighted by Gasteiger charge is -2.26. The molecule has 0 saturated carbocycles. The second-order valence-corrected chi connectivity index (χ2v) is 5.77. The van der Waals surface area contributed by atoms with Gasteiger partial charge < -0.3 is 14.3 Å². The minimum Gasteiger partial charge on any atom is -0.467 e. The minimum absolute atomic E-state index is 0.325. The lowest BCUT2D eigenvalue weighted by Crippen LogP contribution is -2.40. The molecule has 0 bridgehead atoms. The number of β-amino-alcohol motifs (C(OH)–C–C–N with tert-alkyl or cyclic N) is 1. The molecule has 1 N–H and O–H groups in total. The molecule has 2 aromatic heterocycles. The van der Waals surface area contributed by atoms with Crippen LogP contribution in [0, 0.1) is 0 Å². The summed E-state index contributed by atoms with van der Waals surface area (Å²) in [5.41, 5.74) is 0. The summed E-state index contributed by atoms with van der Waals surface area (Å²) in [6.07, 6.45) is 7.26. The summed E-state index contributed by atoms with van der Waals surface area (Å²) in [5, 5.41) is 14.4. The minimum atomic E-state index is -0.479. The molecule has 0 unspecified atom stereocenters. The largest absolute Gasteiger partial charge is 0.467 e. The van der Waals surface area contributed by atoms with Crippen LogP contribution in [0.4, 0.5) is 0 Å². The molecule has 2 aromatic rings. The van der Waals surface area contributed by atoms with Crippen molar-refractivity contribution in [3.05, 3.63) is 42.6 Å². The van der Waals surface area contributed by atoms with Gasteiger partial charge in [-0.05, 0) is 37.6 Å².